The van der Waals surface area contributed by atoms with Crippen LogP contribution in [0, 0.1) is 5.92 Å². The fourth-order valence-electron chi connectivity index (χ4n) is 2.07. The first-order valence-electron chi connectivity index (χ1n) is 6.24. The van der Waals surface area contributed by atoms with E-state index in [0.717, 1.165) is 25.1 Å². The summed E-state index contributed by atoms with van der Waals surface area (Å²) in [5.74, 6) is 0.104. The minimum atomic E-state index is -3.16. The predicted molar refractivity (Wildman–Crippen MR) is 72.4 cm³/mol. The highest BCUT2D eigenvalue weighted by Crippen LogP contribution is 2.11. The zero-order valence-electron chi connectivity index (χ0n) is 10.8. The summed E-state index contributed by atoms with van der Waals surface area (Å²) >= 11 is 0. The van der Waals surface area contributed by atoms with Crippen molar-refractivity contribution in [3.8, 4) is 0 Å². The lowest BCUT2D eigenvalue weighted by atomic mass is 10.1. The molecule has 1 aromatic carbocycles. The first-order chi connectivity index (χ1) is 8.97. The van der Waals surface area contributed by atoms with Crippen LogP contribution in [0.2, 0.25) is 0 Å². The molecule has 0 radical (unpaired) electrons. The second-order valence-electron chi connectivity index (χ2n) is 4.82. The van der Waals surface area contributed by atoms with Crippen LogP contribution in [0.1, 0.15) is 12.0 Å². The minimum Gasteiger partial charge on any atom is -0.352 e. The highest BCUT2D eigenvalue weighted by atomic mass is 32.2. The molecule has 1 aliphatic rings. The molecule has 1 heterocycles. The van der Waals surface area contributed by atoms with Gasteiger partial charge in [0, 0.05) is 19.3 Å². The van der Waals surface area contributed by atoms with Crippen LogP contribution in [-0.4, -0.2) is 33.7 Å². The van der Waals surface area contributed by atoms with Crippen molar-refractivity contribution in [2.24, 2.45) is 5.92 Å². The van der Waals surface area contributed by atoms with Gasteiger partial charge in [0.05, 0.1) is 10.8 Å². The third kappa shape index (κ3) is 3.78. The number of nitrogens with one attached hydrogen (secondary N) is 2. The largest absolute Gasteiger partial charge is 0.352 e. The van der Waals surface area contributed by atoms with E-state index >= 15 is 0 Å². The molecule has 104 valence electrons. The monoisotopic (exact) mass is 282 g/mol. The third-order valence-electron chi connectivity index (χ3n) is 3.25. The van der Waals surface area contributed by atoms with Crippen molar-refractivity contribution >= 4 is 15.7 Å². The van der Waals surface area contributed by atoms with Gasteiger partial charge in [-0.3, -0.25) is 4.79 Å². The van der Waals surface area contributed by atoms with Crippen LogP contribution in [0.5, 0.6) is 0 Å². The SMILES string of the molecule is CS(=O)(=O)c1ccc(CNC(=O)C2CCNC2)cc1. The van der Waals surface area contributed by atoms with Gasteiger partial charge in [-0.25, -0.2) is 8.42 Å². The second-order valence-corrected chi connectivity index (χ2v) is 6.84. The van der Waals surface area contributed by atoms with Gasteiger partial charge >= 0.3 is 0 Å². The molecule has 6 heteroatoms. The van der Waals surface area contributed by atoms with E-state index < -0.39 is 9.84 Å². The van der Waals surface area contributed by atoms with Crippen molar-refractivity contribution in [3.05, 3.63) is 29.8 Å². The molecule has 0 spiro atoms. The molecule has 1 saturated heterocycles. The van der Waals surface area contributed by atoms with Crippen molar-refractivity contribution in [2.45, 2.75) is 17.9 Å². The topological polar surface area (TPSA) is 75.3 Å². The van der Waals surface area contributed by atoms with Crippen molar-refractivity contribution in [3.63, 3.8) is 0 Å². The number of hydrogen-bond donors (Lipinski definition) is 2. The summed E-state index contributed by atoms with van der Waals surface area (Å²) in [7, 11) is -3.16. The van der Waals surface area contributed by atoms with Gasteiger partial charge in [-0.05, 0) is 30.7 Å². The highest BCUT2D eigenvalue weighted by molar-refractivity contribution is 7.90. The number of sulfone groups is 1. The molecule has 1 unspecified atom stereocenters. The van der Waals surface area contributed by atoms with Gasteiger partial charge in [-0.1, -0.05) is 12.1 Å². The Labute approximate surface area is 113 Å². The summed E-state index contributed by atoms with van der Waals surface area (Å²) in [5, 5.41) is 6.02. The van der Waals surface area contributed by atoms with E-state index in [2.05, 4.69) is 10.6 Å². The molecule has 1 aromatic rings. The standard InChI is InChI=1S/C13H18N2O3S/c1-19(17,18)12-4-2-10(3-5-12)8-15-13(16)11-6-7-14-9-11/h2-5,11,14H,6-9H2,1H3,(H,15,16). The summed E-state index contributed by atoms with van der Waals surface area (Å²) in [5.41, 5.74) is 0.895. The van der Waals surface area contributed by atoms with E-state index in [1.54, 1.807) is 24.3 Å². The maximum absolute atomic E-state index is 11.8. The van der Waals surface area contributed by atoms with Crippen LogP contribution in [0.25, 0.3) is 0 Å². The molecule has 0 aliphatic carbocycles. The number of benzene rings is 1. The number of carbonyl (C=O) groups is 1. The van der Waals surface area contributed by atoms with E-state index in [1.807, 2.05) is 0 Å². The Hall–Kier alpha value is -1.40. The summed E-state index contributed by atoms with van der Waals surface area (Å²) < 4.78 is 22.6. The molecule has 0 aromatic heterocycles. The highest BCUT2D eigenvalue weighted by Gasteiger charge is 2.21. The Balaban J connectivity index is 1.91. The van der Waals surface area contributed by atoms with Crippen LogP contribution < -0.4 is 10.6 Å². The van der Waals surface area contributed by atoms with E-state index in [4.69, 9.17) is 0 Å². The third-order valence-corrected chi connectivity index (χ3v) is 4.38. The lowest BCUT2D eigenvalue weighted by Crippen LogP contribution is -2.31. The molecule has 2 N–H and O–H groups in total. The van der Waals surface area contributed by atoms with Crippen molar-refractivity contribution in [2.75, 3.05) is 19.3 Å². The lowest BCUT2D eigenvalue weighted by Gasteiger charge is -2.10. The summed E-state index contributed by atoms with van der Waals surface area (Å²) in [6, 6.07) is 6.58. The normalized spacial score (nSPS) is 19.3. The maximum atomic E-state index is 11.8. The van der Waals surface area contributed by atoms with Crippen LogP contribution in [0.4, 0.5) is 0 Å². The second kappa shape index (κ2) is 5.71. The Bertz CT molecular complexity index is 546. The molecule has 0 saturated carbocycles. The summed E-state index contributed by atoms with van der Waals surface area (Å²) in [4.78, 5) is 12.1. The van der Waals surface area contributed by atoms with Crippen LogP contribution in [0.3, 0.4) is 0 Å². The molecule has 1 amide bonds. The fourth-order valence-corrected chi connectivity index (χ4v) is 2.70. The van der Waals surface area contributed by atoms with Crippen molar-refractivity contribution in [1.29, 1.82) is 0 Å². The zero-order chi connectivity index (χ0) is 13.9. The smallest absolute Gasteiger partial charge is 0.224 e. The zero-order valence-corrected chi connectivity index (χ0v) is 11.7. The number of amides is 1. The summed E-state index contributed by atoms with van der Waals surface area (Å²) in [6.07, 6.45) is 2.05. The molecule has 5 nitrogen and oxygen atoms in total. The Morgan fingerprint density at radius 3 is 2.58 bits per heavy atom. The van der Waals surface area contributed by atoms with Gasteiger partial charge in [0.15, 0.2) is 9.84 Å². The lowest BCUT2D eigenvalue weighted by molar-refractivity contribution is -0.124. The van der Waals surface area contributed by atoms with Gasteiger partial charge in [0.25, 0.3) is 0 Å². The first kappa shape index (κ1) is 14.0. The predicted octanol–water partition coefficient (Wildman–Crippen LogP) is 0.316. The Kier molecular flexibility index (Phi) is 4.21. The van der Waals surface area contributed by atoms with Crippen molar-refractivity contribution in [1.82, 2.24) is 10.6 Å². The van der Waals surface area contributed by atoms with Gasteiger partial charge in [0.1, 0.15) is 0 Å². The molecule has 1 atom stereocenters. The Morgan fingerprint density at radius 1 is 1.37 bits per heavy atom. The van der Waals surface area contributed by atoms with Gasteiger partial charge in [0.2, 0.25) is 5.91 Å². The van der Waals surface area contributed by atoms with E-state index in [0.29, 0.717) is 11.4 Å². The number of hydrogen-bond acceptors (Lipinski definition) is 4. The molecule has 19 heavy (non-hydrogen) atoms. The van der Waals surface area contributed by atoms with Gasteiger partial charge in [-0.2, -0.15) is 0 Å². The maximum Gasteiger partial charge on any atom is 0.224 e. The average Bonchev–Trinajstić information content (AvgIpc) is 2.89. The molecular formula is C13H18N2O3S. The van der Waals surface area contributed by atoms with Crippen LogP contribution >= 0.6 is 0 Å². The number of rotatable bonds is 4. The van der Waals surface area contributed by atoms with Crippen LogP contribution in [-0.2, 0) is 21.2 Å². The molecule has 2 rings (SSSR count). The van der Waals surface area contributed by atoms with E-state index in [9.17, 15) is 13.2 Å². The van der Waals surface area contributed by atoms with Gasteiger partial charge in [-0.15, -0.1) is 0 Å². The Morgan fingerprint density at radius 2 is 2.05 bits per heavy atom. The first-order valence-corrected chi connectivity index (χ1v) is 8.13. The summed E-state index contributed by atoms with van der Waals surface area (Å²) in [6.45, 7) is 2.05. The molecule has 1 fully saturated rings. The van der Waals surface area contributed by atoms with Gasteiger partial charge < -0.3 is 10.6 Å². The quantitative estimate of drug-likeness (QED) is 0.834. The molecule has 1 aliphatic heterocycles. The van der Waals surface area contributed by atoms with E-state index in [1.165, 1.54) is 6.26 Å². The minimum absolute atomic E-state index is 0.0512. The molecule has 0 bridgehead atoms. The van der Waals surface area contributed by atoms with Crippen LogP contribution in [0.15, 0.2) is 29.2 Å². The fraction of sp³-hybridized carbons (Fsp3) is 0.462. The van der Waals surface area contributed by atoms with Crippen molar-refractivity contribution < 1.29 is 13.2 Å². The molecular weight excluding hydrogens is 264 g/mol. The average molecular weight is 282 g/mol. The number of carbonyl (C=O) groups excluding carboxylic acids is 1. The van der Waals surface area contributed by atoms with E-state index in [-0.39, 0.29) is 11.8 Å².